The van der Waals surface area contributed by atoms with Gasteiger partial charge in [0.1, 0.15) is 0 Å². The maximum absolute atomic E-state index is 11.4. The molecule has 2 N–H and O–H groups in total. The van der Waals surface area contributed by atoms with Gasteiger partial charge in [0.25, 0.3) is 0 Å². The van der Waals surface area contributed by atoms with E-state index in [2.05, 4.69) is 4.74 Å². The predicted octanol–water partition coefficient (Wildman–Crippen LogP) is 0.0917. The van der Waals surface area contributed by atoms with Crippen molar-refractivity contribution in [1.82, 2.24) is 0 Å². The number of hydrogen-bond acceptors (Lipinski definition) is 5. The fourth-order valence-corrected chi connectivity index (χ4v) is 2.36. The Morgan fingerprint density at radius 2 is 2.00 bits per heavy atom. The summed E-state index contributed by atoms with van der Waals surface area (Å²) in [6.45, 7) is 1.83. The van der Waals surface area contributed by atoms with Crippen molar-refractivity contribution in [2.45, 2.75) is 32.2 Å². The molecule has 0 aromatic heterocycles. The lowest BCUT2D eigenvalue weighted by Crippen LogP contribution is -2.19. The molecule has 0 saturated carbocycles. The number of ether oxygens (including phenoxy) is 1. The third-order valence-electron chi connectivity index (χ3n) is 1.96. The van der Waals surface area contributed by atoms with Crippen molar-refractivity contribution in [3.05, 3.63) is 0 Å². The van der Waals surface area contributed by atoms with E-state index in [-0.39, 0.29) is 24.0 Å². The van der Waals surface area contributed by atoms with Gasteiger partial charge < -0.3 is 10.5 Å². The van der Waals surface area contributed by atoms with Crippen LogP contribution in [0.5, 0.6) is 0 Å². The second-order valence-corrected chi connectivity index (χ2v) is 5.90. The largest absolute Gasteiger partial charge is 0.469 e. The van der Waals surface area contributed by atoms with Crippen molar-refractivity contribution in [1.29, 1.82) is 0 Å². The molecule has 15 heavy (non-hydrogen) atoms. The van der Waals surface area contributed by atoms with Gasteiger partial charge in [-0.05, 0) is 19.8 Å². The Morgan fingerprint density at radius 3 is 2.47 bits per heavy atom. The number of esters is 1. The van der Waals surface area contributed by atoms with E-state index in [1.165, 1.54) is 7.11 Å². The molecule has 0 aliphatic heterocycles. The van der Waals surface area contributed by atoms with Crippen LogP contribution in [-0.4, -0.2) is 39.0 Å². The Bertz CT molecular complexity index is 284. The second-order valence-electron chi connectivity index (χ2n) is 3.60. The van der Waals surface area contributed by atoms with Gasteiger partial charge in [-0.25, -0.2) is 8.42 Å². The highest BCUT2D eigenvalue weighted by Crippen LogP contribution is 2.02. The summed E-state index contributed by atoms with van der Waals surface area (Å²) in [7, 11) is -1.90. The molecule has 0 fully saturated rings. The van der Waals surface area contributed by atoms with E-state index in [4.69, 9.17) is 5.73 Å². The maximum atomic E-state index is 11.4. The minimum atomic E-state index is -3.14. The first-order valence-corrected chi connectivity index (χ1v) is 6.72. The fourth-order valence-electron chi connectivity index (χ4n) is 1.07. The lowest BCUT2D eigenvalue weighted by Gasteiger charge is -2.05. The van der Waals surface area contributed by atoms with Gasteiger partial charge in [-0.15, -0.1) is 0 Å². The van der Waals surface area contributed by atoms with Crippen LogP contribution in [0.4, 0.5) is 0 Å². The summed E-state index contributed by atoms with van der Waals surface area (Å²) in [4.78, 5) is 10.7. The van der Waals surface area contributed by atoms with Crippen molar-refractivity contribution in [3.8, 4) is 0 Å². The minimum absolute atomic E-state index is 0.0146. The molecule has 0 amide bonds. The van der Waals surface area contributed by atoms with Crippen molar-refractivity contribution >= 4 is 15.8 Å². The smallest absolute Gasteiger partial charge is 0.306 e. The maximum Gasteiger partial charge on any atom is 0.306 e. The van der Waals surface area contributed by atoms with E-state index in [0.717, 1.165) is 0 Å². The lowest BCUT2D eigenvalue weighted by atomic mass is 10.2. The molecular formula is C9H19NO4S. The fraction of sp³-hybridized carbons (Fsp3) is 0.889. The second kappa shape index (κ2) is 6.79. The van der Waals surface area contributed by atoms with Gasteiger partial charge in [0.05, 0.1) is 25.0 Å². The van der Waals surface area contributed by atoms with Gasteiger partial charge in [0.2, 0.25) is 0 Å². The molecule has 0 aromatic carbocycles. The van der Waals surface area contributed by atoms with Crippen LogP contribution in [0.25, 0.3) is 0 Å². The lowest BCUT2D eigenvalue weighted by molar-refractivity contribution is -0.140. The van der Waals surface area contributed by atoms with Crippen molar-refractivity contribution in [2.24, 2.45) is 5.73 Å². The third kappa shape index (κ3) is 8.38. The molecule has 90 valence electrons. The summed E-state index contributed by atoms with van der Waals surface area (Å²) in [5, 5.41) is 0. The molecule has 0 bridgehead atoms. The summed E-state index contributed by atoms with van der Waals surface area (Å²) in [5.74, 6) is -0.546. The summed E-state index contributed by atoms with van der Waals surface area (Å²) >= 11 is 0. The molecular weight excluding hydrogens is 218 g/mol. The highest BCUT2D eigenvalue weighted by molar-refractivity contribution is 7.91. The monoisotopic (exact) mass is 237 g/mol. The van der Waals surface area contributed by atoms with Crippen LogP contribution in [0.3, 0.4) is 0 Å². The number of methoxy groups -OCH3 is 1. The first-order chi connectivity index (χ1) is 6.87. The van der Waals surface area contributed by atoms with Crippen molar-refractivity contribution in [3.63, 3.8) is 0 Å². The Morgan fingerprint density at radius 1 is 1.40 bits per heavy atom. The number of nitrogens with two attached hydrogens (primary N) is 1. The normalized spacial score (nSPS) is 13.5. The number of hydrogen-bond donors (Lipinski definition) is 1. The molecule has 0 rings (SSSR count). The molecule has 0 aliphatic rings. The standard InChI is InChI=1S/C9H19NO4S/c1-8(10)4-3-6-15(12,13)7-5-9(11)14-2/h8H,3-7,10H2,1-2H3. The average Bonchev–Trinajstić information content (AvgIpc) is 2.13. The number of rotatable bonds is 7. The Hall–Kier alpha value is -0.620. The van der Waals surface area contributed by atoms with E-state index >= 15 is 0 Å². The molecule has 1 atom stereocenters. The highest BCUT2D eigenvalue weighted by Gasteiger charge is 2.13. The molecule has 0 radical (unpaired) electrons. The molecule has 0 saturated heterocycles. The third-order valence-corrected chi connectivity index (χ3v) is 3.70. The summed E-state index contributed by atoms with van der Waals surface area (Å²) in [6, 6.07) is 0.0146. The van der Waals surface area contributed by atoms with Crippen molar-refractivity contribution < 1.29 is 17.9 Å². The molecule has 0 spiro atoms. The zero-order valence-corrected chi connectivity index (χ0v) is 10.0. The van der Waals surface area contributed by atoms with Gasteiger partial charge in [-0.2, -0.15) is 0 Å². The first kappa shape index (κ1) is 14.4. The summed E-state index contributed by atoms with van der Waals surface area (Å²) in [5.41, 5.74) is 5.50. The molecule has 0 aromatic rings. The van der Waals surface area contributed by atoms with Gasteiger partial charge in [-0.1, -0.05) is 0 Å². The Labute approximate surface area is 90.9 Å². The van der Waals surface area contributed by atoms with E-state index in [0.29, 0.717) is 12.8 Å². The highest BCUT2D eigenvalue weighted by atomic mass is 32.2. The van der Waals surface area contributed by atoms with Crippen LogP contribution in [0.2, 0.25) is 0 Å². The predicted molar refractivity (Wildman–Crippen MR) is 58.2 cm³/mol. The number of carbonyl (C=O) groups is 1. The zero-order valence-electron chi connectivity index (χ0n) is 9.23. The van der Waals surface area contributed by atoms with Gasteiger partial charge in [0, 0.05) is 6.04 Å². The van der Waals surface area contributed by atoms with E-state index < -0.39 is 15.8 Å². The van der Waals surface area contributed by atoms with Gasteiger partial charge in [0.15, 0.2) is 9.84 Å². The van der Waals surface area contributed by atoms with Crippen LogP contribution < -0.4 is 5.73 Å². The van der Waals surface area contributed by atoms with Crippen LogP contribution >= 0.6 is 0 Å². The first-order valence-electron chi connectivity index (χ1n) is 4.90. The average molecular weight is 237 g/mol. The van der Waals surface area contributed by atoms with Crippen molar-refractivity contribution in [2.75, 3.05) is 18.6 Å². The zero-order chi connectivity index (χ0) is 11.9. The van der Waals surface area contributed by atoms with Crippen LogP contribution in [0.1, 0.15) is 26.2 Å². The SMILES string of the molecule is COC(=O)CCS(=O)(=O)CCCC(C)N. The molecule has 1 unspecified atom stereocenters. The molecule has 0 aliphatic carbocycles. The Kier molecular flexibility index (Phi) is 6.51. The van der Waals surface area contributed by atoms with Gasteiger partial charge in [-0.3, -0.25) is 4.79 Å². The summed E-state index contributed by atoms with van der Waals surface area (Å²) < 4.78 is 27.1. The van der Waals surface area contributed by atoms with E-state index in [9.17, 15) is 13.2 Å². The molecule has 6 heteroatoms. The van der Waals surface area contributed by atoms with Crippen LogP contribution in [-0.2, 0) is 19.4 Å². The van der Waals surface area contributed by atoms with Crippen LogP contribution in [0.15, 0.2) is 0 Å². The Balaban J connectivity index is 3.83. The topological polar surface area (TPSA) is 86.5 Å². The quantitative estimate of drug-likeness (QED) is 0.634. The van der Waals surface area contributed by atoms with Crippen LogP contribution in [0, 0.1) is 0 Å². The number of carbonyl (C=O) groups excluding carboxylic acids is 1. The summed E-state index contributed by atoms with van der Waals surface area (Å²) in [6.07, 6.45) is 1.15. The van der Waals surface area contributed by atoms with Gasteiger partial charge >= 0.3 is 5.97 Å². The van der Waals surface area contributed by atoms with E-state index in [1.54, 1.807) is 0 Å². The van der Waals surface area contributed by atoms with E-state index in [1.807, 2.05) is 6.92 Å². The molecule has 5 nitrogen and oxygen atoms in total. The number of sulfone groups is 1. The molecule has 0 heterocycles. The minimum Gasteiger partial charge on any atom is -0.469 e.